The molecule has 4 rings (SSSR count). The van der Waals surface area contributed by atoms with Gasteiger partial charge in [0.05, 0.1) is 32.4 Å². The number of nitrogen functional groups attached to an aromatic ring is 1. The Balaban J connectivity index is 0.00000323. The molecular formula is C25H19N5Na2O9S2. The summed E-state index contributed by atoms with van der Waals surface area (Å²) in [7, 11) is -10.1. The molecule has 0 radical (unpaired) electrons. The van der Waals surface area contributed by atoms with Crippen LogP contribution in [0.25, 0.3) is 12.2 Å². The van der Waals surface area contributed by atoms with E-state index in [0.29, 0.717) is 0 Å². The molecule has 3 aromatic rings. The topological polar surface area (TPSA) is 235 Å². The molecule has 1 aliphatic rings. The molecule has 1 atom stereocenters. The fourth-order valence-electron chi connectivity index (χ4n) is 3.83. The van der Waals surface area contributed by atoms with Crippen molar-refractivity contribution >= 4 is 67.0 Å². The molecule has 1 unspecified atom stereocenters. The molecule has 18 heteroatoms. The SMILES string of the molecule is CC1=NN(c2ccc(/C=C/c3ccc(N)cc3S(=O)(=O)[O-])c(S(=O)(=O)[O-])c2)C(=O)C1N=Nc1ccccc1C(=O)O.[Na+].[Na+]. The Labute approximate surface area is 290 Å². The molecule has 0 aliphatic carbocycles. The normalized spacial score (nSPS) is 15.3. The summed E-state index contributed by atoms with van der Waals surface area (Å²) >= 11 is 0. The number of amides is 1. The fraction of sp³-hybridized carbons (Fsp3) is 0.0800. The van der Waals surface area contributed by atoms with E-state index in [1.165, 1.54) is 49.4 Å². The Bertz CT molecular complexity index is 1900. The first-order valence-electron chi connectivity index (χ1n) is 11.4. The minimum atomic E-state index is -5.12. The first-order chi connectivity index (χ1) is 19.2. The van der Waals surface area contributed by atoms with Crippen molar-refractivity contribution in [2.45, 2.75) is 22.8 Å². The zero-order valence-electron chi connectivity index (χ0n) is 22.9. The van der Waals surface area contributed by atoms with E-state index in [2.05, 4.69) is 15.3 Å². The third-order valence-electron chi connectivity index (χ3n) is 5.77. The molecular weight excluding hydrogens is 624 g/mol. The van der Waals surface area contributed by atoms with Gasteiger partial charge in [0.15, 0.2) is 6.04 Å². The van der Waals surface area contributed by atoms with Crippen molar-refractivity contribution in [2.75, 3.05) is 10.7 Å². The monoisotopic (exact) mass is 643 g/mol. The van der Waals surface area contributed by atoms with E-state index in [9.17, 15) is 40.6 Å². The fourth-order valence-corrected chi connectivity index (χ4v) is 5.22. The number of nitrogens with zero attached hydrogens (tertiary/aromatic N) is 4. The largest absolute Gasteiger partial charge is 1.00 e. The van der Waals surface area contributed by atoms with E-state index in [-0.39, 0.29) is 98.6 Å². The van der Waals surface area contributed by atoms with Gasteiger partial charge in [-0.05, 0) is 54.4 Å². The summed E-state index contributed by atoms with van der Waals surface area (Å²) in [5, 5.41) is 22.0. The molecule has 0 fully saturated rings. The summed E-state index contributed by atoms with van der Waals surface area (Å²) in [5.41, 5.74) is 5.24. The molecule has 212 valence electrons. The van der Waals surface area contributed by atoms with Gasteiger partial charge in [-0.3, -0.25) is 4.79 Å². The van der Waals surface area contributed by atoms with Crippen LogP contribution in [-0.4, -0.2) is 54.7 Å². The Morgan fingerprint density at radius 3 is 2.09 bits per heavy atom. The summed E-state index contributed by atoms with van der Waals surface area (Å²) in [4.78, 5) is 23.1. The summed E-state index contributed by atoms with van der Waals surface area (Å²) in [6.45, 7) is 1.46. The molecule has 3 aromatic carbocycles. The van der Waals surface area contributed by atoms with E-state index < -0.39 is 47.9 Å². The number of hydrogen-bond donors (Lipinski definition) is 2. The number of carboxylic acids is 1. The number of carboxylic acid groups (broad SMARTS) is 1. The maximum absolute atomic E-state index is 13.1. The predicted octanol–water partition coefficient (Wildman–Crippen LogP) is -3.17. The Morgan fingerprint density at radius 1 is 0.953 bits per heavy atom. The maximum Gasteiger partial charge on any atom is 1.00 e. The van der Waals surface area contributed by atoms with Gasteiger partial charge < -0.3 is 19.9 Å². The molecule has 43 heavy (non-hydrogen) atoms. The maximum atomic E-state index is 13.1. The number of hydrogen-bond acceptors (Lipinski definition) is 12. The molecule has 0 spiro atoms. The zero-order valence-corrected chi connectivity index (χ0v) is 28.5. The third kappa shape index (κ3) is 8.45. The van der Waals surface area contributed by atoms with Crippen molar-refractivity contribution < 1.29 is 99.8 Å². The van der Waals surface area contributed by atoms with Crippen molar-refractivity contribution in [2.24, 2.45) is 15.3 Å². The summed E-state index contributed by atoms with van der Waals surface area (Å²) in [6, 6.07) is 11.4. The second kappa shape index (κ2) is 14.3. The summed E-state index contributed by atoms with van der Waals surface area (Å²) in [6.07, 6.45) is 2.24. The molecule has 0 saturated heterocycles. The Kier molecular flexibility index (Phi) is 12.1. The minimum Gasteiger partial charge on any atom is -0.744 e. The van der Waals surface area contributed by atoms with Crippen LogP contribution < -0.4 is 69.9 Å². The number of rotatable bonds is 8. The second-order valence-electron chi connectivity index (χ2n) is 8.59. The first kappa shape index (κ1) is 36.4. The van der Waals surface area contributed by atoms with Gasteiger partial charge in [-0.25, -0.2) is 21.6 Å². The van der Waals surface area contributed by atoms with Crippen molar-refractivity contribution in [3.8, 4) is 0 Å². The molecule has 0 bridgehead atoms. The first-order valence-corrected chi connectivity index (χ1v) is 14.2. The van der Waals surface area contributed by atoms with Crippen LogP contribution in [0.4, 0.5) is 17.1 Å². The zero-order chi connectivity index (χ0) is 30.1. The molecule has 0 aromatic heterocycles. The number of benzene rings is 3. The summed E-state index contributed by atoms with van der Waals surface area (Å²) < 4.78 is 71.1. The van der Waals surface area contributed by atoms with Crippen LogP contribution in [0.2, 0.25) is 0 Å². The smallest absolute Gasteiger partial charge is 0.744 e. The number of azo groups is 1. The van der Waals surface area contributed by atoms with E-state index in [1.54, 1.807) is 6.07 Å². The quantitative estimate of drug-likeness (QED) is 0.0821. The average Bonchev–Trinajstić information content (AvgIpc) is 3.18. The predicted molar refractivity (Wildman–Crippen MR) is 144 cm³/mol. The third-order valence-corrected chi connectivity index (χ3v) is 7.56. The van der Waals surface area contributed by atoms with E-state index >= 15 is 0 Å². The molecule has 1 aliphatic heterocycles. The van der Waals surface area contributed by atoms with Gasteiger partial charge in [0.25, 0.3) is 5.91 Å². The Morgan fingerprint density at radius 2 is 1.51 bits per heavy atom. The van der Waals surface area contributed by atoms with Crippen molar-refractivity contribution in [1.29, 1.82) is 0 Å². The van der Waals surface area contributed by atoms with Crippen LogP contribution in [0.5, 0.6) is 0 Å². The van der Waals surface area contributed by atoms with Crippen LogP contribution in [0.3, 0.4) is 0 Å². The summed E-state index contributed by atoms with van der Waals surface area (Å²) in [5.74, 6) is -1.99. The van der Waals surface area contributed by atoms with Crippen molar-refractivity contribution in [1.82, 2.24) is 0 Å². The average molecular weight is 644 g/mol. The van der Waals surface area contributed by atoms with Crippen LogP contribution in [0.15, 0.2) is 85.8 Å². The Hall–Kier alpha value is -2.77. The number of aromatic carboxylic acids is 1. The van der Waals surface area contributed by atoms with Gasteiger partial charge in [-0.2, -0.15) is 20.3 Å². The number of carbonyl (C=O) groups excluding carboxylic acids is 1. The van der Waals surface area contributed by atoms with Gasteiger partial charge in [-0.1, -0.05) is 36.4 Å². The van der Waals surface area contributed by atoms with Gasteiger partial charge in [0, 0.05) is 5.69 Å². The van der Waals surface area contributed by atoms with Crippen LogP contribution >= 0.6 is 0 Å². The van der Waals surface area contributed by atoms with E-state index in [0.717, 1.165) is 29.3 Å². The number of anilines is 2. The molecule has 0 saturated carbocycles. The minimum absolute atomic E-state index is 0. The van der Waals surface area contributed by atoms with Crippen LogP contribution in [0, 0.1) is 0 Å². The van der Waals surface area contributed by atoms with Crippen LogP contribution in [0.1, 0.15) is 28.4 Å². The number of carbonyl (C=O) groups is 2. The molecule has 1 amide bonds. The molecule has 1 heterocycles. The second-order valence-corrected chi connectivity index (χ2v) is 11.3. The number of hydrazone groups is 1. The molecule has 3 N–H and O–H groups in total. The van der Waals surface area contributed by atoms with Crippen molar-refractivity contribution in [3.63, 3.8) is 0 Å². The van der Waals surface area contributed by atoms with Gasteiger partial charge >= 0.3 is 65.1 Å². The van der Waals surface area contributed by atoms with Crippen molar-refractivity contribution in [3.05, 3.63) is 77.4 Å². The van der Waals surface area contributed by atoms with E-state index in [4.69, 9.17) is 5.73 Å². The standard InChI is InChI=1S/C25H21N5O9S2.2Na/c1-14-23(28-27-20-5-3-2-4-19(20)25(32)33)24(31)30(29-14)18-11-9-16(22(13-18)41(37,38)39)7-6-15-8-10-17(26)12-21(15)40(34,35)36;;/h2-13,23H,26H2,1H3,(H,32,33)(H,34,35,36)(H,37,38,39);;/q;2*+1/p-2/b7-6+,28-27?;;. The van der Waals surface area contributed by atoms with Gasteiger partial charge in [0.1, 0.15) is 20.2 Å². The van der Waals surface area contributed by atoms with Gasteiger partial charge in [0.2, 0.25) is 0 Å². The molecule has 14 nitrogen and oxygen atoms in total. The van der Waals surface area contributed by atoms with E-state index in [1.807, 2.05) is 0 Å². The van der Waals surface area contributed by atoms with Crippen LogP contribution in [-0.2, 0) is 25.0 Å². The van der Waals surface area contributed by atoms with Gasteiger partial charge in [-0.15, -0.1) is 0 Å². The number of nitrogens with two attached hydrogens (primary N) is 1.